The Morgan fingerprint density at radius 3 is 2.39 bits per heavy atom. The van der Waals surface area contributed by atoms with Crippen molar-refractivity contribution in [1.82, 2.24) is 15.1 Å². The maximum absolute atomic E-state index is 13.1. The molecule has 1 aliphatic heterocycles. The van der Waals surface area contributed by atoms with Crippen LogP contribution in [0.3, 0.4) is 0 Å². The van der Waals surface area contributed by atoms with Crippen molar-refractivity contribution in [2.75, 3.05) is 13.2 Å². The van der Waals surface area contributed by atoms with E-state index in [1.54, 1.807) is 0 Å². The number of alkyl halides is 6. The van der Waals surface area contributed by atoms with Crippen LogP contribution in [0, 0.1) is 0 Å². The number of nitrogens with one attached hydrogen (secondary N) is 1. The number of carbonyl (C=O) groups is 1. The average molecular weight is 407 g/mol. The molecule has 152 valence electrons. The molecule has 0 spiro atoms. The molecule has 0 fully saturated rings. The molecule has 0 aliphatic carbocycles. The lowest BCUT2D eigenvalue weighted by Gasteiger charge is -2.15. The van der Waals surface area contributed by atoms with Gasteiger partial charge in [-0.2, -0.15) is 31.4 Å². The molecule has 1 amide bonds. The molecule has 28 heavy (non-hydrogen) atoms. The summed E-state index contributed by atoms with van der Waals surface area (Å²) in [5, 5.41) is 6.07. The van der Waals surface area contributed by atoms with Gasteiger partial charge < -0.3 is 10.1 Å². The van der Waals surface area contributed by atoms with Crippen molar-refractivity contribution in [2.24, 2.45) is 0 Å². The van der Waals surface area contributed by atoms with E-state index in [0.29, 0.717) is 5.69 Å². The number of hydrogen-bond acceptors (Lipinski definition) is 3. The molecule has 0 saturated carbocycles. The fourth-order valence-electron chi connectivity index (χ4n) is 2.91. The number of nitrogens with zero attached hydrogens (tertiary/aromatic N) is 2. The van der Waals surface area contributed by atoms with Gasteiger partial charge in [-0.05, 0) is 24.3 Å². The van der Waals surface area contributed by atoms with Gasteiger partial charge in [-0.15, -0.1) is 0 Å². The van der Waals surface area contributed by atoms with Crippen molar-refractivity contribution in [1.29, 1.82) is 0 Å². The predicted molar refractivity (Wildman–Crippen MR) is 84.4 cm³/mol. The number of carbonyl (C=O) groups excluding carboxylic acids is 1. The highest BCUT2D eigenvalue weighted by molar-refractivity contribution is 5.94. The smallest absolute Gasteiger partial charge is 0.376 e. The van der Waals surface area contributed by atoms with Crippen LogP contribution in [0.5, 0.6) is 0 Å². The Hall–Kier alpha value is -2.56. The minimum Gasteiger partial charge on any atom is -0.376 e. The van der Waals surface area contributed by atoms with E-state index >= 15 is 0 Å². The van der Waals surface area contributed by atoms with Crippen LogP contribution in [0.4, 0.5) is 26.3 Å². The van der Waals surface area contributed by atoms with E-state index in [9.17, 15) is 31.1 Å². The summed E-state index contributed by atoms with van der Waals surface area (Å²) in [6.45, 7) is 0.0485. The molecule has 1 aliphatic rings. The first-order valence-corrected chi connectivity index (χ1v) is 8.26. The molecular weight excluding hydrogens is 392 g/mol. The van der Waals surface area contributed by atoms with E-state index in [4.69, 9.17) is 4.74 Å². The largest absolute Gasteiger partial charge is 0.435 e. The Balaban J connectivity index is 1.65. The van der Waals surface area contributed by atoms with Crippen LogP contribution < -0.4 is 5.32 Å². The number of halogens is 6. The summed E-state index contributed by atoms with van der Waals surface area (Å²) in [5.74, 6) is -0.630. The van der Waals surface area contributed by atoms with E-state index in [1.807, 2.05) is 0 Å². The van der Waals surface area contributed by atoms with Crippen molar-refractivity contribution >= 4 is 5.91 Å². The van der Waals surface area contributed by atoms with Crippen molar-refractivity contribution in [2.45, 2.75) is 31.9 Å². The highest BCUT2D eigenvalue weighted by Crippen LogP contribution is 2.34. The monoisotopic (exact) mass is 407 g/mol. The topological polar surface area (TPSA) is 56.2 Å². The molecule has 1 N–H and O–H groups in total. The molecule has 1 aromatic heterocycles. The lowest BCUT2D eigenvalue weighted by Crippen LogP contribution is -2.28. The highest BCUT2D eigenvalue weighted by Gasteiger charge is 2.39. The van der Waals surface area contributed by atoms with Crippen molar-refractivity contribution in [3.63, 3.8) is 0 Å². The fourth-order valence-corrected chi connectivity index (χ4v) is 2.91. The van der Waals surface area contributed by atoms with Crippen molar-refractivity contribution in [3.8, 4) is 0 Å². The van der Waals surface area contributed by atoms with E-state index < -0.39 is 29.5 Å². The summed E-state index contributed by atoms with van der Waals surface area (Å²) < 4.78 is 83.2. The van der Waals surface area contributed by atoms with Crippen LogP contribution in [-0.4, -0.2) is 28.8 Å². The van der Waals surface area contributed by atoms with E-state index in [-0.39, 0.29) is 43.9 Å². The van der Waals surface area contributed by atoms with Crippen molar-refractivity contribution in [3.05, 3.63) is 52.3 Å². The van der Waals surface area contributed by atoms with E-state index in [1.165, 1.54) is 4.68 Å². The molecule has 0 atom stereocenters. The number of hydrogen-bond donors (Lipinski definition) is 1. The number of amides is 1. The fraction of sp³-hybridized carbons (Fsp3) is 0.412. The Morgan fingerprint density at radius 1 is 1.11 bits per heavy atom. The zero-order valence-electron chi connectivity index (χ0n) is 14.3. The molecule has 1 aromatic carbocycles. The zero-order valence-corrected chi connectivity index (χ0v) is 14.3. The van der Waals surface area contributed by atoms with Gasteiger partial charge in [0, 0.05) is 29.8 Å². The summed E-state index contributed by atoms with van der Waals surface area (Å²) in [6, 6.07) is 3.64. The summed E-state index contributed by atoms with van der Waals surface area (Å²) >= 11 is 0. The first-order chi connectivity index (χ1) is 13.1. The Labute approximate surface area is 155 Å². The lowest BCUT2D eigenvalue weighted by atomic mass is 10.1. The Morgan fingerprint density at radius 2 is 1.79 bits per heavy atom. The van der Waals surface area contributed by atoms with Crippen LogP contribution in [0.15, 0.2) is 24.3 Å². The van der Waals surface area contributed by atoms with Gasteiger partial charge in [0.15, 0.2) is 5.69 Å². The van der Waals surface area contributed by atoms with E-state index in [0.717, 1.165) is 24.3 Å². The molecular formula is C17H15F6N3O2. The number of fused-ring (bicyclic) bond motifs is 1. The minimum absolute atomic E-state index is 0.00665. The SMILES string of the molecule is O=C(NCCn1nc(C(F)(F)F)c2c1CCOC2)c1ccc(C(F)(F)F)cc1. The third kappa shape index (κ3) is 4.29. The average Bonchev–Trinajstić information content (AvgIpc) is 3.00. The van der Waals surface area contributed by atoms with Gasteiger partial charge in [0.05, 0.1) is 25.3 Å². The van der Waals surface area contributed by atoms with Gasteiger partial charge in [-0.3, -0.25) is 9.48 Å². The molecule has 0 unspecified atom stereocenters. The van der Waals surface area contributed by atoms with Gasteiger partial charge >= 0.3 is 12.4 Å². The second kappa shape index (κ2) is 7.46. The second-order valence-electron chi connectivity index (χ2n) is 6.13. The molecule has 5 nitrogen and oxygen atoms in total. The molecule has 11 heteroatoms. The lowest BCUT2D eigenvalue weighted by molar-refractivity contribution is -0.143. The predicted octanol–water partition coefficient (Wildman–Crippen LogP) is 3.42. The summed E-state index contributed by atoms with van der Waals surface area (Å²) in [4.78, 5) is 12.0. The maximum Gasteiger partial charge on any atom is 0.435 e. The van der Waals surface area contributed by atoms with Crippen LogP contribution in [-0.2, 0) is 36.7 Å². The minimum atomic E-state index is -4.61. The Kier molecular flexibility index (Phi) is 5.37. The van der Waals surface area contributed by atoms with Crippen LogP contribution in [0.2, 0.25) is 0 Å². The molecule has 3 rings (SSSR count). The molecule has 0 saturated heterocycles. The van der Waals surface area contributed by atoms with Crippen LogP contribution >= 0.6 is 0 Å². The number of rotatable bonds is 4. The van der Waals surface area contributed by atoms with E-state index in [2.05, 4.69) is 10.4 Å². The molecule has 2 aromatic rings. The zero-order chi connectivity index (χ0) is 20.5. The standard InChI is InChI=1S/C17H15F6N3O2/c18-16(19,20)11-3-1-10(2-4-11)15(27)24-6-7-26-13-5-8-28-9-12(13)14(25-26)17(21,22)23/h1-4H,5-9H2,(H,24,27). The van der Waals surface area contributed by atoms with Gasteiger partial charge in [0.25, 0.3) is 5.91 Å². The van der Waals surface area contributed by atoms with Crippen molar-refractivity contribution < 1.29 is 35.9 Å². The molecule has 2 heterocycles. The third-order valence-corrected chi connectivity index (χ3v) is 4.25. The maximum atomic E-state index is 13.1. The second-order valence-corrected chi connectivity index (χ2v) is 6.13. The molecule has 0 radical (unpaired) electrons. The van der Waals surface area contributed by atoms with Crippen LogP contribution in [0.25, 0.3) is 0 Å². The first kappa shape index (κ1) is 20.2. The summed E-state index contributed by atoms with van der Waals surface area (Å²) in [6.07, 6.45) is -8.85. The van der Waals surface area contributed by atoms with Gasteiger partial charge in [-0.25, -0.2) is 0 Å². The third-order valence-electron chi connectivity index (χ3n) is 4.25. The molecule has 0 bridgehead atoms. The summed E-state index contributed by atoms with van der Waals surface area (Å²) in [5.41, 5.74) is -1.47. The first-order valence-electron chi connectivity index (χ1n) is 8.26. The summed E-state index contributed by atoms with van der Waals surface area (Å²) in [7, 11) is 0. The quantitative estimate of drug-likeness (QED) is 0.791. The number of ether oxygens (including phenoxy) is 1. The number of aromatic nitrogens is 2. The Bertz CT molecular complexity index is 856. The highest BCUT2D eigenvalue weighted by atomic mass is 19.4. The van der Waals surface area contributed by atoms with Gasteiger partial charge in [0.1, 0.15) is 0 Å². The normalized spacial score (nSPS) is 14.6. The number of benzene rings is 1. The van der Waals surface area contributed by atoms with Gasteiger partial charge in [-0.1, -0.05) is 0 Å². The van der Waals surface area contributed by atoms with Crippen LogP contribution in [0.1, 0.15) is 32.9 Å². The van der Waals surface area contributed by atoms with Gasteiger partial charge in [0.2, 0.25) is 0 Å².